The van der Waals surface area contributed by atoms with E-state index in [2.05, 4.69) is 31.2 Å². The van der Waals surface area contributed by atoms with Gasteiger partial charge in [0, 0.05) is 44.2 Å². The maximum atomic E-state index is 12.9. The molecule has 17 nitrogen and oxygen atoms in total. The fourth-order valence-corrected chi connectivity index (χ4v) is 4.23. The van der Waals surface area contributed by atoms with E-state index in [0.717, 1.165) is 0 Å². The maximum Gasteiger partial charge on any atom is 0.326 e. The first-order chi connectivity index (χ1) is 19.8. The molecule has 42 heavy (non-hydrogen) atoms. The molecule has 0 fully saturated rings. The van der Waals surface area contributed by atoms with Crippen LogP contribution in [0.5, 0.6) is 0 Å². The summed E-state index contributed by atoms with van der Waals surface area (Å²) in [5, 5.41) is 38.0. The fourth-order valence-electron chi connectivity index (χ4n) is 4.23. The van der Waals surface area contributed by atoms with Crippen molar-refractivity contribution in [3.63, 3.8) is 0 Å². The van der Waals surface area contributed by atoms with Crippen LogP contribution in [0.25, 0.3) is 0 Å². The van der Waals surface area contributed by atoms with Crippen LogP contribution in [0.1, 0.15) is 36.0 Å². The lowest BCUT2D eigenvalue weighted by atomic mass is 10.1. The minimum absolute atomic E-state index is 0.00869. The van der Waals surface area contributed by atoms with E-state index in [-0.39, 0.29) is 29.5 Å². The van der Waals surface area contributed by atoms with Gasteiger partial charge in [-0.3, -0.25) is 29.0 Å². The first-order valence-corrected chi connectivity index (χ1v) is 12.8. The number of fused-ring (bicyclic) bond motifs is 1. The predicted molar refractivity (Wildman–Crippen MR) is 149 cm³/mol. The smallest absolute Gasteiger partial charge is 0.326 e. The number of aliphatic carboxylic acids is 3. The number of amides is 2. The molecule has 0 saturated heterocycles. The number of H-pyrrole nitrogens is 1. The lowest BCUT2D eigenvalue weighted by molar-refractivity contribution is -0.143. The molecule has 1 aromatic carbocycles. The minimum Gasteiger partial charge on any atom is -0.481 e. The van der Waals surface area contributed by atoms with Crippen molar-refractivity contribution >= 4 is 52.9 Å². The Morgan fingerprint density at radius 1 is 1.02 bits per heavy atom. The Hall–Kier alpha value is -5.35. The normalized spacial score (nSPS) is 15.4. The zero-order chi connectivity index (χ0) is 31.0. The number of nitrogens with two attached hydrogens (primary N) is 1. The number of anilines is 4. The number of likely N-dealkylation sites (N-methyl/N-ethyl adjacent to an activating group) is 1. The molecule has 3 rings (SSSR count). The first kappa shape index (κ1) is 31.2. The summed E-state index contributed by atoms with van der Waals surface area (Å²) < 4.78 is 0. The van der Waals surface area contributed by atoms with Gasteiger partial charge < -0.3 is 47.2 Å². The average molecular weight is 589 g/mol. The van der Waals surface area contributed by atoms with E-state index >= 15 is 0 Å². The van der Waals surface area contributed by atoms with Crippen LogP contribution in [-0.4, -0.2) is 93.3 Å². The highest BCUT2D eigenvalue weighted by Gasteiger charge is 2.29. The predicted octanol–water partition coefficient (Wildman–Crippen LogP) is -0.908. The molecule has 1 aliphatic rings. The Morgan fingerprint density at radius 2 is 1.64 bits per heavy atom. The van der Waals surface area contributed by atoms with Crippen molar-refractivity contribution in [3.05, 3.63) is 40.2 Å². The van der Waals surface area contributed by atoms with Gasteiger partial charge in [0.25, 0.3) is 11.5 Å². The van der Waals surface area contributed by atoms with Gasteiger partial charge in [-0.2, -0.15) is 4.98 Å². The van der Waals surface area contributed by atoms with Crippen LogP contribution in [0.4, 0.5) is 23.1 Å². The lowest BCUT2D eigenvalue weighted by Gasteiger charge is -2.35. The minimum atomic E-state index is -1.54. The summed E-state index contributed by atoms with van der Waals surface area (Å²) >= 11 is 0. The molecule has 1 aromatic heterocycles. The molecule has 1 unspecified atom stereocenters. The van der Waals surface area contributed by atoms with Crippen molar-refractivity contribution in [2.45, 2.75) is 43.8 Å². The molecule has 1 aliphatic heterocycles. The third-order valence-electron chi connectivity index (χ3n) is 6.54. The Balaban J connectivity index is 1.62. The summed E-state index contributed by atoms with van der Waals surface area (Å²) in [6.45, 7) is 0.897. The van der Waals surface area contributed by atoms with Gasteiger partial charge in [0.05, 0.1) is 6.04 Å². The topological polar surface area (TPSA) is 269 Å². The van der Waals surface area contributed by atoms with Crippen molar-refractivity contribution in [2.75, 3.05) is 41.4 Å². The molecule has 10 N–H and O–H groups in total. The molecule has 0 spiro atoms. The maximum absolute atomic E-state index is 12.9. The van der Waals surface area contributed by atoms with E-state index in [1.165, 1.54) is 12.1 Å². The number of carboxylic acid groups (broad SMARTS) is 3. The van der Waals surface area contributed by atoms with Crippen LogP contribution in [0.2, 0.25) is 0 Å². The molecule has 3 atom stereocenters. The highest BCUT2D eigenvalue weighted by molar-refractivity contribution is 5.98. The fraction of sp³-hybridized carbons (Fsp3) is 0.400. The molecule has 2 heterocycles. The molecule has 226 valence electrons. The Kier molecular flexibility index (Phi) is 10.3. The van der Waals surface area contributed by atoms with E-state index in [1.807, 2.05) is 0 Å². The van der Waals surface area contributed by atoms with E-state index in [1.54, 1.807) is 24.1 Å². The molecular formula is C25H32N8O9. The number of carbonyl (C=O) groups excluding carboxylic acids is 2. The standard InChI is InChI=1S/C25H32N8O9/c1-33-14(11-28-20-19(33)23(40)32-25(26)31-20)10-27-13-4-2-12(3-5-13)21(38)29-15(6-8-17(34)35)22(39)30-16(24(41)42)7-9-18(36)37/h2-5,14-16,27H,6-11H2,1H3,(H,29,38)(H,30,39)(H,34,35)(H,36,37)(H,41,42)(H4,26,28,31,32,40)/t14?,15-,16-/m0/s1. The van der Waals surface area contributed by atoms with Gasteiger partial charge in [0.2, 0.25) is 11.9 Å². The number of nitrogens with one attached hydrogen (secondary N) is 5. The number of benzene rings is 1. The number of hydrogen-bond donors (Lipinski definition) is 9. The summed E-state index contributed by atoms with van der Waals surface area (Å²) in [6.07, 6.45) is -1.73. The molecule has 2 amide bonds. The van der Waals surface area contributed by atoms with Crippen molar-refractivity contribution < 1.29 is 39.3 Å². The number of nitrogen functional groups attached to an aromatic ring is 1. The van der Waals surface area contributed by atoms with Gasteiger partial charge in [0.1, 0.15) is 17.8 Å². The molecule has 17 heteroatoms. The second-order valence-electron chi connectivity index (χ2n) is 9.54. The number of aromatic nitrogens is 2. The Morgan fingerprint density at radius 3 is 2.24 bits per heavy atom. The number of aromatic amines is 1. The lowest BCUT2D eigenvalue weighted by Crippen LogP contribution is -2.51. The van der Waals surface area contributed by atoms with Crippen LogP contribution >= 0.6 is 0 Å². The van der Waals surface area contributed by atoms with E-state index in [0.29, 0.717) is 30.3 Å². The highest BCUT2D eigenvalue weighted by atomic mass is 16.4. The van der Waals surface area contributed by atoms with Crippen molar-refractivity contribution in [3.8, 4) is 0 Å². The summed E-state index contributed by atoms with van der Waals surface area (Å²) in [7, 11) is 1.76. The zero-order valence-electron chi connectivity index (χ0n) is 22.5. The van der Waals surface area contributed by atoms with Gasteiger partial charge >= 0.3 is 17.9 Å². The molecular weight excluding hydrogens is 556 g/mol. The molecule has 0 aliphatic carbocycles. The monoisotopic (exact) mass is 588 g/mol. The zero-order valence-corrected chi connectivity index (χ0v) is 22.5. The van der Waals surface area contributed by atoms with Crippen molar-refractivity contribution in [1.82, 2.24) is 20.6 Å². The summed E-state index contributed by atoms with van der Waals surface area (Å²) in [5.74, 6) is -5.22. The second-order valence-corrected chi connectivity index (χ2v) is 9.54. The SMILES string of the molecule is CN1c2c(nc(N)[nH]c2=O)NCC1CNc1ccc(C(=O)N[C@@H](CCC(=O)O)C(=O)N[C@@H](CCC(=O)O)C(=O)O)cc1. The van der Waals surface area contributed by atoms with Crippen LogP contribution in [0, 0.1) is 0 Å². The third kappa shape index (κ3) is 8.33. The third-order valence-corrected chi connectivity index (χ3v) is 6.54. The summed E-state index contributed by atoms with van der Waals surface area (Å²) in [4.78, 5) is 79.6. The number of rotatable bonds is 14. The van der Waals surface area contributed by atoms with Gasteiger partial charge in [0.15, 0.2) is 5.82 Å². The number of nitrogens with zero attached hydrogens (tertiary/aromatic N) is 2. The largest absolute Gasteiger partial charge is 0.481 e. The second kappa shape index (κ2) is 13.8. The van der Waals surface area contributed by atoms with Crippen LogP contribution < -0.4 is 37.5 Å². The summed E-state index contributed by atoms with van der Waals surface area (Å²) in [5.41, 5.74) is 6.38. The van der Waals surface area contributed by atoms with Crippen LogP contribution in [-0.2, 0) is 19.2 Å². The van der Waals surface area contributed by atoms with Crippen molar-refractivity contribution in [2.24, 2.45) is 0 Å². The molecule has 2 aromatic rings. The van der Waals surface area contributed by atoms with Gasteiger partial charge in [-0.1, -0.05) is 0 Å². The molecule has 0 bridgehead atoms. The van der Waals surface area contributed by atoms with E-state index in [4.69, 9.17) is 15.9 Å². The van der Waals surface area contributed by atoms with Crippen LogP contribution in [0.3, 0.4) is 0 Å². The summed E-state index contributed by atoms with van der Waals surface area (Å²) in [6, 6.07) is 3.13. The van der Waals surface area contributed by atoms with Gasteiger partial charge in [-0.25, -0.2) is 4.79 Å². The average Bonchev–Trinajstić information content (AvgIpc) is 2.92. The number of carboxylic acids is 3. The number of hydrogen-bond acceptors (Lipinski definition) is 11. The Labute approximate surface area is 238 Å². The molecule has 0 radical (unpaired) electrons. The Bertz CT molecular complexity index is 1400. The van der Waals surface area contributed by atoms with Gasteiger partial charge in [-0.15, -0.1) is 0 Å². The number of carbonyl (C=O) groups is 5. The van der Waals surface area contributed by atoms with E-state index in [9.17, 15) is 33.9 Å². The quantitative estimate of drug-likeness (QED) is 0.129. The highest BCUT2D eigenvalue weighted by Crippen LogP contribution is 2.25. The van der Waals surface area contributed by atoms with Crippen LogP contribution in [0.15, 0.2) is 29.1 Å². The van der Waals surface area contributed by atoms with Gasteiger partial charge in [-0.05, 0) is 37.1 Å². The first-order valence-electron chi connectivity index (χ1n) is 12.8. The molecule has 0 saturated carbocycles. The van der Waals surface area contributed by atoms with Crippen molar-refractivity contribution in [1.29, 1.82) is 0 Å². The van der Waals surface area contributed by atoms with E-state index < -0.39 is 61.1 Å².